The minimum Gasteiger partial charge on any atom is -0.469 e. The van der Waals surface area contributed by atoms with E-state index in [4.69, 9.17) is 4.74 Å². The predicted molar refractivity (Wildman–Crippen MR) is 81.3 cm³/mol. The van der Waals surface area contributed by atoms with Crippen LogP contribution < -0.4 is 5.32 Å². The molecule has 0 amide bonds. The van der Waals surface area contributed by atoms with Crippen molar-refractivity contribution >= 4 is 17.3 Å². The van der Waals surface area contributed by atoms with E-state index >= 15 is 0 Å². The quantitative estimate of drug-likeness (QED) is 0.509. The molecule has 0 saturated carbocycles. The molecule has 1 N–H and O–H groups in total. The molecule has 0 aliphatic rings. The lowest BCUT2D eigenvalue weighted by Gasteiger charge is -2.40. The number of hydrogen-bond acceptors (Lipinski definition) is 6. The number of methoxy groups -OCH3 is 1. The van der Waals surface area contributed by atoms with Gasteiger partial charge in [0.25, 0.3) is 5.69 Å². The number of anilines is 1. The van der Waals surface area contributed by atoms with Crippen molar-refractivity contribution in [2.75, 3.05) is 12.4 Å². The normalized spacial score (nSPS) is 11.5. The Balaban J connectivity index is 3.21. The highest BCUT2D eigenvalue weighted by Crippen LogP contribution is 2.36. The molecule has 0 saturated heterocycles. The van der Waals surface area contributed by atoms with Gasteiger partial charge in [0.05, 0.1) is 28.7 Å². The third kappa shape index (κ3) is 3.17. The van der Waals surface area contributed by atoms with Gasteiger partial charge in [-0.15, -0.1) is 0 Å². The maximum atomic E-state index is 12.0. The van der Waals surface area contributed by atoms with Gasteiger partial charge in [-0.2, -0.15) is 5.26 Å². The Kier molecular flexibility index (Phi) is 4.77. The van der Waals surface area contributed by atoms with E-state index < -0.39 is 21.8 Å². The SMILES string of the molecule is COC(=O)C(C)(C)C(C)(C)Nc1ccc([N+](=O)[O-])cc1C#N. The summed E-state index contributed by atoms with van der Waals surface area (Å²) < 4.78 is 4.81. The van der Waals surface area contributed by atoms with Crippen molar-refractivity contribution in [1.82, 2.24) is 0 Å². The molecule has 0 spiro atoms. The molecule has 0 heterocycles. The molecular formula is C15H19N3O4. The predicted octanol–water partition coefficient (Wildman–Crippen LogP) is 2.86. The lowest BCUT2D eigenvalue weighted by molar-refractivity contribution is -0.384. The Labute approximate surface area is 129 Å². The Bertz CT molecular complexity index is 645. The molecule has 0 radical (unpaired) electrons. The smallest absolute Gasteiger partial charge is 0.313 e. The fraction of sp³-hybridized carbons (Fsp3) is 0.467. The van der Waals surface area contributed by atoms with Crippen LogP contribution in [0, 0.1) is 26.9 Å². The number of benzene rings is 1. The highest BCUT2D eigenvalue weighted by molar-refractivity contribution is 5.78. The number of carbonyl (C=O) groups is 1. The molecule has 0 atom stereocenters. The number of nitrogens with one attached hydrogen (secondary N) is 1. The van der Waals surface area contributed by atoms with Crippen LogP contribution in [0.1, 0.15) is 33.3 Å². The van der Waals surface area contributed by atoms with Gasteiger partial charge in [-0.25, -0.2) is 0 Å². The molecule has 1 rings (SSSR count). The molecule has 118 valence electrons. The van der Waals surface area contributed by atoms with Crippen LogP contribution in [0.2, 0.25) is 0 Å². The molecule has 7 heteroatoms. The minimum absolute atomic E-state index is 0.142. The van der Waals surface area contributed by atoms with Crippen LogP contribution in [0.5, 0.6) is 0 Å². The summed E-state index contributed by atoms with van der Waals surface area (Å²) in [5, 5.41) is 23.1. The van der Waals surface area contributed by atoms with Crippen LogP contribution in [0.25, 0.3) is 0 Å². The van der Waals surface area contributed by atoms with Gasteiger partial charge in [0.2, 0.25) is 0 Å². The van der Waals surface area contributed by atoms with E-state index in [9.17, 15) is 20.2 Å². The van der Waals surface area contributed by atoms with Gasteiger partial charge in [-0.3, -0.25) is 14.9 Å². The maximum absolute atomic E-state index is 12.0. The largest absolute Gasteiger partial charge is 0.469 e. The van der Waals surface area contributed by atoms with Crippen LogP contribution in [0.15, 0.2) is 18.2 Å². The van der Waals surface area contributed by atoms with Crippen molar-refractivity contribution in [2.24, 2.45) is 5.41 Å². The van der Waals surface area contributed by atoms with Crippen LogP contribution in [-0.4, -0.2) is 23.5 Å². The summed E-state index contributed by atoms with van der Waals surface area (Å²) in [5.41, 5.74) is -1.22. The van der Waals surface area contributed by atoms with Crippen LogP contribution in [-0.2, 0) is 9.53 Å². The summed E-state index contributed by atoms with van der Waals surface area (Å²) in [5.74, 6) is -0.398. The van der Waals surface area contributed by atoms with Gasteiger partial charge >= 0.3 is 5.97 Å². The minimum atomic E-state index is -0.879. The van der Waals surface area contributed by atoms with Crippen molar-refractivity contribution in [3.8, 4) is 6.07 Å². The summed E-state index contributed by atoms with van der Waals surface area (Å²) in [6.07, 6.45) is 0. The van der Waals surface area contributed by atoms with E-state index in [0.29, 0.717) is 5.69 Å². The third-order valence-electron chi connectivity index (χ3n) is 4.04. The van der Waals surface area contributed by atoms with Crippen LogP contribution in [0.3, 0.4) is 0 Å². The molecule has 1 aromatic rings. The standard InChI is InChI=1S/C15H19N3O4/c1-14(2,13(19)22-5)15(3,4)17-12-7-6-11(18(20)21)8-10(12)9-16/h6-8,17H,1-5H3. The highest BCUT2D eigenvalue weighted by Gasteiger charge is 2.44. The third-order valence-corrected chi connectivity index (χ3v) is 4.04. The summed E-state index contributed by atoms with van der Waals surface area (Å²) in [7, 11) is 1.31. The molecule has 1 aromatic carbocycles. The van der Waals surface area contributed by atoms with Gasteiger partial charge in [0, 0.05) is 17.7 Å². The van der Waals surface area contributed by atoms with Gasteiger partial charge < -0.3 is 10.1 Å². The van der Waals surface area contributed by atoms with E-state index in [1.807, 2.05) is 6.07 Å². The number of esters is 1. The second-order valence-corrected chi connectivity index (χ2v) is 5.97. The fourth-order valence-electron chi connectivity index (χ4n) is 1.85. The number of nitro groups is 1. The van der Waals surface area contributed by atoms with Crippen LogP contribution >= 0.6 is 0 Å². The van der Waals surface area contributed by atoms with Crippen molar-refractivity contribution < 1.29 is 14.5 Å². The molecular weight excluding hydrogens is 286 g/mol. The number of nitrogens with zero attached hydrogens (tertiary/aromatic N) is 2. The number of ether oxygens (including phenoxy) is 1. The lowest BCUT2D eigenvalue weighted by atomic mass is 9.74. The second kappa shape index (κ2) is 6.02. The van der Waals surface area contributed by atoms with E-state index in [1.54, 1.807) is 27.7 Å². The number of nitro benzene ring substituents is 1. The first-order valence-electron chi connectivity index (χ1n) is 6.62. The Morgan fingerprint density at radius 1 is 1.36 bits per heavy atom. The zero-order valence-corrected chi connectivity index (χ0v) is 13.3. The van der Waals surface area contributed by atoms with E-state index in [1.165, 1.54) is 25.3 Å². The molecule has 7 nitrogen and oxygen atoms in total. The Hall–Kier alpha value is -2.62. The van der Waals surface area contributed by atoms with E-state index in [0.717, 1.165) is 0 Å². The Morgan fingerprint density at radius 3 is 2.41 bits per heavy atom. The number of non-ortho nitro benzene ring substituents is 1. The first-order valence-corrected chi connectivity index (χ1v) is 6.62. The Morgan fingerprint density at radius 2 is 1.95 bits per heavy atom. The van der Waals surface area contributed by atoms with Gasteiger partial charge in [-0.1, -0.05) is 0 Å². The van der Waals surface area contributed by atoms with Crippen molar-refractivity contribution in [3.05, 3.63) is 33.9 Å². The highest BCUT2D eigenvalue weighted by atomic mass is 16.6. The average Bonchev–Trinajstić information content (AvgIpc) is 2.45. The molecule has 0 unspecified atom stereocenters. The summed E-state index contributed by atoms with van der Waals surface area (Å²) in [6.45, 7) is 7.05. The molecule has 0 aromatic heterocycles. The number of rotatable bonds is 5. The number of nitriles is 1. The monoisotopic (exact) mass is 305 g/mol. The topological polar surface area (TPSA) is 105 Å². The summed E-state index contributed by atoms with van der Waals surface area (Å²) in [6, 6.07) is 5.90. The van der Waals surface area contributed by atoms with Crippen molar-refractivity contribution in [1.29, 1.82) is 5.26 Å². The zero-order valence-electron chi connectivity index (χ0n) is 13.3. The number of carbonyl (C=O) groups excluding carboxylic acids is 1. The maximum Gasteiger partial charge on any atom is 0.313 e. The second-order valence-electron chi connectivity index (χ2n) is 5.97. The molecule has 0 fully saturated rings. The zero-order chi connectivity index (χ0) is 17.1. The molecule has 0 aliphatic heterocycles. The van der Waals surface area contributed by atoms with Gasteiger partial charge in [0.15, 0.2) is 0 Å². The summed E-state index contributed by atoms with van der Waals surface area (Å²) >= 11 is 0. The molecule has 0 bridgehead atoms. The van der Waals surface area contributed by atoms with Crippen LogP contribution in [0.4, 0.5) is 11.4 Å². The number of hydrogen-bond donors (Lipinski definition) is 1. The van der Waals surface area contributed by atoms with Crippen molar-refractivity contribution in [2.45, 2.75) is 33.2 Å². The van der Waals surface area contributed by atoms with Gasteiger partial charge in [-0.05, 0) is 33.8 Å². The van der Waals surface area contributed by atoms with E-state index in [-0.39, 0.29) is 11.3 Å². The summed E-state index contributed by atoms with van der Waals surface area (Å²) in [4.78, 5) is 22.2. The molecule has 22 heavy (non-hydrogen) atoms. The average molecular weight is 305 g/mol. The van der Waals surface area contributed by atoms with Crippen molar-refractivity contribution in [3.63, 3.8) is 0 Å². The molecule has 0 aliphatic carbocycles. The first kappa shape index (κ1) is 17.4. The first-order chi connectivity index (χ1) is 10.1. The van der Waals surface area contributed by atoms with E-state index in [2.05, 4.69) is 5.32 Å². The van der Waals surface area contributed by atoms with Gasteiger partial charge in [0.1, 0.15) is 6.07 Å². The lowest BCUT2D eigenvalue weighted by Crippen LogP contribution is -2.51. The fourth-order valence-corrected chi connectivity index (χ4v) is 1.85.